The van der Waals surface area contributed by atoms with Gasteiger partial charge in [-0.3, -0.25) is 0 Å². The van der Waals surface area contributed by atoms with Crippen molar-refractivity contribution in [1.29, 1.82) is 0 Å². The molecule has 0 bridgehead atoms. The van der Waals surface area contributed by atoms with Gasteiger partial charge in [-0.2, -0.15) is 0 Å². The minimum Gasteiger partial charge on any atom is -0.497 e. The summed E-state index contributed by atoms with van der Waals surface area (Å²) in [6, 6.07) is 80.0. The number of hydrogen-bond donors (Lipinski definition) is 0. The second-order valence-electron chi connectivity index (χ2n) is 32.5. The van der Waals surface area contributed by atoms with E-state index >= 15 is 0 Å². The lowest BCUT2D eigenvalue weighted by molar-refractivity contribution is -0.116. The Hall–Kier alpha value is -12.2. The van der Waals surface area contributed by atoms with E-state index < -0.39 is 0 Å². The van der Waals surface area contributed by atoms with E-state index in [9.17, 15) is 0 Å². The van der Waals surface area contributed by atoms with Gasteiger partial charge in [-0.25, -0.2) is 0 Å². The maximum absolute atomic E-state index is 5.91. The number of ether oxygens (including phenoxy) is 18. The van der Waals surface area contributed by atoms with Gasteiger partial charge in [-0.05, 0) is 264 Å². The summed E-state index contributed by atoms with van der Waals surface area (Å²) >= 11 is 0. The minimum atomic E-state index is -0.343. The molecule has 0 spiro atoms. The molecule has 10 aromatic carbocycles. The fourth-order valence-corrected chi connectivity index (χ4v) is 13.5. The molecule has 0 N–H and O–H groups in total. The first-order chi connectivity index (χ1) is 67.1. The van der Waals surface area contributed by atoms with Crippen LogP contribution in [0.4, 0.5) is 0 Å². The zero-order chi connectivity index (χ0) is 100.0. The van der Waals surface area contributed by atoms with Crippen LogP contribution >= 0.6 is 0 Å². The molecule has 744 valence electrons. The number of methoxy groups -OCH3 is 2. The lowest BCUT2D eigenvalue weighted by Crippen LogP contribution is -2.26. The number of benzene rings is 10. The molecular formula is C120H156O18. The van der Waals surface area contributed by atoms with E-state index in [4.69, 9.17) is 85.3 Å². The van der Waals surface area contributed by atoms with E-state index in [0.717, 1.165) is 127 Å². The summed E-state index contributed by atoms with van der Waals surface area (Å²) in [6.07, 6.45) is 29.4. The molecule has 2 fully saturated rings. The van der Waals surface area contributed by atoms with Crippen LogP contribution in [0, 0.1) is 11.8 Å². The van der Waals surface area contributed by atoms with Crippen molar-refractivity contribution in [3.63, 3.8) is 0 Å². The summed E-state index contributed by atoms with van der Waals surface area (Å²) in [4.78, 5) is 0. The fraction of sp³-hybridized carbons (Fsp3) is 0.367. The fourth-order valence-electron chi connectivity index (χ4n) is 13.5. The molecule has 2 aliphatic rings. The quantitative estimate of drug-likeness (QED) is 0.0261. The average molecular weight is 1890 g/mol. The van der Waals surface area contributed by atoms with Gasteiger partial charge < -0.3 is 85.3 Å². The second-order valence-corrected chi connectivity index (χ2v) is 32.5. The van der Waals surface area contributed by atoms with Crippen molar-refractivity contribution >= 4 is 48.6 Å². The molecule has 0 heterocycles. The van der Waals surface area contributed by atoms with Crippen LogP contribution in [-0.4, -0.2) is 117 Å². The van der Waals surface area contributed by atoms with Crippen LogP contribution in [0.25, 0.3) is 48.6 Å². The predicted octanol–water partition coefficient (Wildman–Crippen LogP) is 30.5. The maximum Gasteiger partial charge on any atom is 0.199 e. The van der Waals surface area contributed by atoms with E-state index in [1.807, 2.05) is 329 Å². The molecule has 12 rings (SSSR count). The van der Waals surface area contributed by atoms with Crippen molar-refractivity contribution in [2.45, 2.75) is 210 Å². The Morgan fingerprint density at radius 3 is 0.935 bits per heavy atom. The summed E-state index contributed by atoms with van der Waals surface area (Å²) in [5.41, 5.74) is 9.95. The molecule has 0 saturated heterocycles. The van der Waals surface area contributed by atoms with E-state index in [2.05, 4.69) is 78.6 Å². The highest BCUT2D eigenvalue weighted by atomic mass is 16.7. The summed E-state index contributed by atoms with van der Waals surface area (Å²) in [6.45, 7) is 56.0. The standard InChI is InChI=1S/C19H22O4.C18H26O2.C18H20O2.C16H22O2.C14H20O2.C13H18O2.C12H16O2.C10H12O2/c1-4-16-5-7-19(8-6-16)23-15(2)21-13-14-22-18-11-9-17(20-3)10-12-18;2*1-3-16-9-11-18(12-10-16)20-15(2)19-14-13-17-7-5-4-6-8-17;1-3-14-9-11-16(12-10-14)18-13(2)17-15-7-5-4-6-8-15;1-5-13-6-8-14(9-7-13)16-12(4)15-10-11(2)3;1-4-11-7-9-12(10-8-11)15-13(5-2)14-6-3;1-4-11-6-8-12(9-7-11)14-10(3)13-5-2;1-3-9-4-6-10(7-5-9)12-8-11-2/h4-12,15H,1,13-14H2,2-3H3;3,9-12,15,17H,1,4-8,13-14H2,2H3;3-12,15H,1,13-14H2,2H3;3,9-13,15H,1,4-8H2,2H3;5-9,11-12H,1,10H2,2-4H3;4,7-10,13H,1,5-6H2,2-3H3;4,6-10H,1,5H2,2-3H3;3-7H,1,8H2,2H3. The smallest absolute Gasteiger partial charge is 0.199 e. The molecule has 18 heteroatoms. The minimum absolute atomic E-state index is 0.149. The Morgan fingerprint density at radius 2 is 0.594 bits per heavy atom. The zero-order valence-electron chi connectivity index (χ0n) is 84.4. The van der Waals surface area contributed by atoms with Crippen molar-refractivity contribution in [3.8, 4) is 57.5 Å². The van der Waals surface area contributed by atoms with Gasteiger partial charge in [0, 0.05) is 26.7 Å². The Labute approximate surface area is 826 Å². The highest BCUT2D eigenvalue weighted by Crippen LogP contribution is 2.29. The van der Waals surface area contributed by atoms with E-state index in [1.54, 1.807) is 32.4 Å². The highest BCUT2D eigenvalue weighted by Gasteiger charge is 2.19. The summed E-state index contributed by atoms with van der Waals surface area (Å²) in [5, 5.41) is 0. The van der Waals surface area contributed by atoms with Gasteiger partial charge >= 0.3 is 0 Å². The van der Waals surface area contributed by atoms with E-state index in [-0.39, 0.29) is 50.8 Å². The normalized spacial score (nSPS) is 13.4. The van der Waals surface area contributed by atoms with E-state index in [0.29, 0.717) is 51.7 Å². The largest absolute Gasteiger partial charge is 0.497 e. The average Bonchev–Trinajstić information content (AvgIpc) is 0.930. The molecule has 0 aromatic heterocycles. The van der Waals surface area contributed by atoms with Gasteiger partial charge in [-0.15, -0.1) is 0 Å². The van der Waals surface area contributed by atoms with Crippen molar-refractivity contribution in [2.24, 2.45) is 11.8 Å². The Bertz CT molecular complexity index is 4800. The molecule has 18 nitrogen and oxygen atoms in total. The van der Waals surface area contributed by atoms with Crippen molar-refractivity contribution < 1.29 is 85.3 Å². The third-order valence-electron chi connectivity index (χ3n) is 21.0. The summed E-state index contributed by atoms with van der Waals surface area (Å²) < 4.78 is 99.4. The lowest BCUT2D eigenvalue weighted by atomic mass is 9.87. The van der Waals surface area contributed by atoms with Crippen molar-refractivity contribution in [2.75, 3.05) is 67.3 Å². The van der Waals surface area contributed by atoms with Crippen LogP contribution in [0.5, 0.6) is 57.5 Å². The number of rotatable bonds is 49. The molecule has 0 radical (unpaired) electrons. The second kappa shape index (κ2) is 72.2. The molecule has 7 atom stereocenters. The first kappa shape index (κ1) is 116. The van der Waals surface area contributed by atoms with Gasteiger partial charge in [0.05, 0.1) is 39.6 Å². The molecule has 0 amide bonds. The van der Waals surface area contributed by atoms with Gasteiger partial charge in [-0.1, -0.05) is 301 Å². The molecule has 10 aromatic rings. The number of hydrogen-bond acceptors (Lipinski definition) is 18. The van der Waals surface area contributed by atoms with Crippen molar-refractivity contribution in [1.82, 2.24) is 0 Å². The maximum atomic E-state index is 5.91. The van der Waals surface area contributed by atoms with Crippen LogP contribution in [0.3, 0.4) is 0 Å². The van der Waals surface area contributed by atoms with Gasteiger partial charge in [0.25, 0.3) is 0 Å². The van der Waals surface area contributed by atoms with Gasteiger partial charge in [0.15, 0.2) is 50.8 Å². The molecule has 138 heavy (non-hydrogen) atoms. The summed E-state index contributed by atoms with van der Waals surface area (Å²) in [7, 11) is 3.23. The first-order valence-corrected chi connectivity index (χ1v) is 48.3. The Morgan fingerprint density at radius 1 is 0.290 bits per heavy atom. The monoisotopic (exact) mass is 1890 g/mol. The first-order valence-electron chi connectivity index (χ1n) is 48.3. The van der Waals surface area contributed by atoms with Crippen LogP contribution < -0.4 is 47.4 Å². The Balaban J connectivity index is 0.000000280. The SMILES string of the molecule is C=Cc1ccc(OC(C)OC2CCCCC2)cc1.C=Cc1ccc(OC(C)OCC(C)C)cc1.C=Cc1ccc(OC(C)OCC)cc1.C=Cc1ccc(OC(C)OCCC2CCCCC2)cc1.C=Cc1ccc(OC(C)OCCOc2ccc(OC)cc2)cc1.C=Cc1ccc(OC(C)OCCc2ccccc2)cc1.C=Cc1ccc(OC(CC)OCC)cc1.C=Cc1ccc(OCOC)cc1. The van der Waals surface area contributed by atoms with Crippen molar-refractivity contribution in [3.05, 3.63) is 351 Å². The third kappa shape index (κ3) is 52.9. The molecule has 2 saturated carbocycles. The van der Waals surface area contributed by atoms with Gasteiger partial charge in [0.2, 0.25) is 0 Å². The van der Waals surface area contributed by atoms with E-state index in [1.165, 1.54) is 76.2 Å². The van der Waals surface area contributed by atoms with Gasteiger partial charge in [0.1, 0.15) is 64.1 Å². The molecular weight excluding hydrogens is 1730 g/mol. The molecule has 2 aliphatic carbocycles. The third-order valence-corrected chi connectivity index (χ3v) is 21.0. The highest BCUT2D eigenvalue weighted by molar-refractivity contribution is 5.53. The van der Waals surface area contributed by atoms with Crippen LogP contribution in [0.1, 0.15) is 203 Å². The van der Waals surface area contributed by atoms with Crippen LogP contribution in [0.2, 0.25) is 0 Å². The topological polar surface area (TPSA) is 166 Å². The predicted molar refractivity (Wildman–Crippen MR) is 570 cm³/mol. The lowest BCUT2D eigenvalue weighted by Gasteiger charge is -2.26. The molecule has 7 unspecified atom stereocenters. The van der Waals surface area contributed by atoms with Crippen LogP contribution in [-0.2, 0) is 44.3 Å². The summed E-state index contributed by atoms with van der Waals surface area (Å²) in [5.74, 6) is 9.52. The Kier molecular flexibility index (Phi) is 60.8. The molecule has 0 aliphatic heterocycles. The zero-order valence-corrected chi connectivity index (χ0v) is 84.4. The van der Waals surface area contributed by atoms with Crippen LogP contribution in [0.15, 0.2) is 301 Å².